The van der Waals surface area contributed by atoms with Crippen molar-refractivity contribution in [2.75, 3.05) is 19.7 Å². The van der Waals surface area contributed by atoms with E-state index < -0.39 is 5.60 Å². The molecule has 2 aliphatic rings. The lowest BCUT2D eigenvalue weighted by molar-refractivity contribution is -0.0951. The third kappa shape index (κ3) is 2.88. The average molecular weight is 323 g/mol. The molecule has 1 aromatic heterocycles. The summed E-state index contributed by atoms with van der Waals surface area (Å²) in [6.45, 7) is 10.1. The maximum atomic E-state index is 12.2. The Kier molecular flexibility index (Phi) is 3.98. The highest BCUT2D eigenvalue weighted by Gasteiger charge is 2.43. The van der Waals surface area contributed by atoms with Crippen LogP contribution in [0.2, 0.25) is 0 Å². The lowest BCUT2D eigenvalue weighted by Gasteiger charge is -2.43. The van der Waals surface area contributed by atoms with Gasteiger partial charge in [-0.2, -0.15) is 0 Å². The maximum Gasteiger partial charge on any atom is 0.410 e. The van der Waals surface area contributed by atoms with Gasteiger partial charge in [-0.3, -0.25) is 0 Å². The van der Waals surface area contributed by atoms with Gasteiger partial charge in [0.05, 0.1) is 6.61 Å². The van der Waals surface area contributed by atoms with Crippen molar-refractivity contribution in [3.63, 3.8) is 0 Å². The first-order valence-corrected chi connectivity index (χ1v) is 8.88. The van der Waals surface area contributed by atoms with Crippen LogP contribution >= 0.6 is 11.3 Å². The monoisotopic (exact) mass is 323 g/mol. The number of carbonyl (C=O) groups is 1. The number of aryl methyl sites for hydroxylation is 1. The van der Waals surface area contributed by atoms with Crippen LogP contribution in [0.1, 0.15) is 49.6 Å². The first-order chi connectivity index (χ1) is 10.3. The molecule has 1 amide bonds. The number of rotatable bonds is 0. The summed E-state index contributed by atoms with van der Waals surface area (Å²) in [4.78, 5) is 15.4. The van der Waals surface area contributed by atoms with Crippen molar-refractivity contribution in [1.29, 1.82) is 0 Å². The van der Waals surface area contributed by atoms with E-state index in [-0.39, 0.29) is 11.7 Å². The quantitative estimate of drug-likeness (QED) is 0.728. The molecule has 22 heavy (non-hydrogen) atoms. The van der Waals surface area contributed by atoms with Crippen LogP contribution in [0.15, 0.2) is 5.38 Å². The van der Waals surface area contributed by atoms with Crippen LogP contribution in [0.3, 0.4) is 0 Å². The number of piperidine rings is 1. The first-order valence-electron chi connectivity index (χ1n) is 8.00. The molecule has 0 radical (unpaired) electrons. The summed E-state index contributed by atoms with van der Waals surface area (Å²) in [5.74, 6) is 0. The van der Waals surface area contributed by atoms with Crippen LogP contribution in [0, 0.1) is 6.92 Å². The maximum absolute atomic E-state index is 12.2. The van der Waals surface area contributed by atoms with E-state index in [4.69, 9.17) is 9.47 Å². The SMILES string of the molecule is Cc1csc2c1CCOC21CCN(C(=O)OC(C)(C)C)CC1. The summed E-state index contributed by atoms with van der Waals surface area (Å²) in [5, 5.41) is 2.24. The Morgan fingerprint density at radius 1 is 1.36 bits per heavy atom. The molecule has 2 aliphatic heterocycles. The fourth-order valence-corrected chi connectivity index (χ4v) is 4.64. The highest BCUT2D eigenvalue weighted by Crippen LogP contribution is 2.45. The van der Waals surface area contributed by atoms with Crippen molar-refractivity contribution in [3.05, 3.63) is 21.4 Å². The molecule has 0 saturated carbocycles. The van der Waals surface area contributed by atoms with Crippen LogP contribution in [0.25, 0.3) is 0 Å². The Bertz CT molecular complexity index is 565. The molecule has 3 heterocycles. The van der Waals surface area contributed by atoms with Crippen LogP contribution in [-0.4, -0.2) is 36.3 Å². The second kappa shape index (κ2) is 5.53. The van der Waals surface area contributed by atoms with Gasteiger partial charge in [-0.15, -0.1) is 11.3 Å². The van der Waals surface area contributed by atoms with E-state index >= 15 is 0 Å². The number of hydrogen-bond acceptors (Lipinski definition) is 4. The summed E-state index contributed by atoms with van der Waals surface area (Å²) >= 11 is 1.82. The van der Waals surface area contributed by atoms with Gasteiger partial charge in [0.2, 0.25) is 0 Å². The molecule has 1 saturated heterocycles. The van der Waals surface area contributed by atoms with Gasteiger partial charge >= 0.3 is 6.09 Å². The molecule has 1 aromatic rings. The van der Waals surface area contributed by atoms with Crippen molar-refractivity contribution in [2.45, 2.75) is 58.2 Å². The third-order valence-electron chi connectivity index (χ3n) is 4.47. The molecule has 4 nitrogen and oxygen atoms in total. The van der Waals surface area contributed by atoms with Crippen LogP contribution < -0.4 is 0 Å². The fraction of sp³-hybridized carbons (Fsp3) is 0.706. The second-order valence-electron chi connectivity index (χ2n) is 7.29. The Labute approximate surface area is 136 Å². The molecule has 5 heteroatoms. The van der Waals surface area contributed by atoms with Gasteiger partial charge in [0, 0.05) is 18.0 Å². The van der Waals surface area contributed by atoms with E-state index in [0.29, 0.717) is 13.1 Å². The van der Waals surface area contributed by atoms with Crippen molar-refractivity contribution < 1.29 is 14.3 Å². The lowest BCUT2D eigenvalue weighted by atomic mass is 9.84. The molecule has 1 spiro atoms. The molecule has 0 N–H and O–H groups in total. The molecule has 3 rings (SSSR count). The van der Waals surface area contributed by atoms with Gasteiger partial charge in [0.1, 0.15) is 11.2 Å². The number of ether oxygens (including phenoxy) is 2. The Hall–Kier alpha value is -1.07. The van der Waals surface area contributed by atoms with Crippen LogP contribution in [0.4, 0.5) is 4.79 Å². The molecule has 0 aromatic carbocycles. The smallest absolute Gasteiger partial charge is 0.410 e. The summed E-state index contributed by atoms with van der Waals surface area (Å²) in [7, 11) is 0. The predicted molar refractivity (Wildman–Crippen MR) is 87.4 cm³/mol. The number of hydrogen-bond donors (Lipinski definition) is 0. The number of amides is 1. The summed E-state index contributed by atoms with van der Waals surface area (Å²) in [6.07, 6.45) is 2.53. The van der Waals surface area contributed by atoms with Gasteiger partial charge in [0.15, 0.2) is 0 Å². The van der Waals surface area contributed by atoms with E-state index in [1.54, 1.807) is 0 Å². The van der Waals surface area contributed by atoms with Crippen molar-refractivity contribution >= 4 is 17.4 Å². The van der Waals surface area contributed by atoms with Crippen molar-refractivity contribution in [1.82, 2.24) is 4.90 Å². The number of carbonyl (C=O) groups excluding carboxylic acids is 1. The van der Waals surface area contributed by atoms with Gasteiger partial charge in [-0.05, 0) is 63.5 Å². The third-order valence-corrected chi connectivity index (χ3v) is 5.80. The minimum absolute atomic E-state index is 0.176. The summed E-state index contributed by atoms with van der Waals surface area (Å²) in [5.41, 5.74) is 2.25. The zero-order chi connectivity index (χ0) is 16.0. The minimum Gasteiger partial charge on any atom is -0.444 e. The highest BCUT2D eigenvalue weighted by molar-refractivity contribution is 7.10. The van der Waals surface area contributed by atoms with E-state index in [1.807, 2.05) is 37.0 Å². The van der Waals surface area contributed by atoms with E-state index in [2.05, 4.69) is 12.3 Å². The Morgan fingerprint density at radius 3 is 2.68 bits per heavy atom. The zero-order valence-electron chi connectivity index (χ0n) is 13.9. The number of fused-ring (bicyclic) bond motifs is 2. The van der Waals surface area contributed by atoms with Crippen LogP contribution in [-0.2, 0) is 21.5 Å². The van der Waals surface area contributed by atoms with E-state index in [9.17, 15) is 4.79 Å². The highest BCUT2D eigenvalue weighted by atomic mass is 32.1. The Balaban J connectivity index is 1.71. The second-order valence-corrected chi connectivity index (χ2v) is 8.17. The fourth-order valence-electron chi connectivity index (χ4n) is 3.32. The molecular formula is C17H25NO3S. The number of nitrogens with zero attached hydrogens (tertiary/aromatic N) is 1. The van der Waals surface area contributed by atoms with Gasteiger partial charge in [-0.25, -0.2) is 4.79 Å². The molecule has 1 fully saturated rings. The lowest BCUT2D eigenvalue weighted by Crippen LogP contribution is -2.49. The van der Waals surface area contributed by atoms with E-state index in [0.717, 1.165) is 25.9 Å². The first kappa shape index (κ1) is 15.8. The van der Waals surface area contributed by atoms with Crippen molar-refractivity contribution in [2.24, 2.45) is 0 Å². The van der Waals surface area contributed by atoms with Gasteiger partial charge in [-0.1, -0.05) is 0 Å². The number of thiophene rings is 1. The van der Waals surface area contributed by atoms with Crippen LogP contribution in [0.5, 0.6) is 0 Å². The van der Waals surface area contributed by atoms with Gasteiger partial charge in [0.25, 0.3) is 0 Å². The molecular weight excluding hydrogens is 298 g/mol. The van der Waals surface area contributed by atoms with Gasteiger partial charge < -0.3 is 14.4 Å². The van der Waals surface area contributed by atoms with Crippen molar-refractivity contribution in [3.8, 4) is 0 Å². The standard InChI is InChI=1S/C17H25NO3S/c1-12-11-22-14-13(12)5-10-20-17(14)6-8-18(9-7-17)15(19)21-16(2,3)4/h11H,5-10H2,1-4H3. The minimum atomic E-state index is -0.439. The predicted octanol–water partition coefficient (Wildman–Crippen LogP) is 3.86. The molecule has 0 bridgehead atoms. The summed E-state index contributed by atoms with van der Waals surface area (Å²) < 4.78 is 11.7. The molecule has 0 unspecified atom stereocenters. The van der Waals surface area contributed by atoms with E-state index in [1.165, 1.54) is 16.0 Å². The number of likely N-dealkylation sites (tertiary alicyclic amines) is 1. The normalized spacial score (nSPS) is 20.8. The largest absolute Gasteiger partial charge is 0.444 e. The topological polar surface area (TPSA) is 38.8 Å². The summed E-state index contributed by atoms with van der Waals surface area (Å²) in [6, 6.07) is 0. The average Bonchev–Trinajstić information content (AvgIpc) is 2.81. The molecule has 0 aliphatic carbocycles. The molecule has 0 atom stereocenters. The molecule has 122 valence electrons. The zero-order valence-corrected chi connectivity index (χ0v) is 14.7. The Morgan fingerprint density at radius 2 is 2.05 bits per heavy atom.